The Balaban J connectivity index is 1.62. The first kappa shape index (κ1) is 15.3. The van der Waals surface area contributed by atoms with E-state index in [1.807, 2.05) is 0 Å². The van der Waals surface area contributed by atoms with Gasteiger partial charge in [0.2, 0.25) is 0 Å². The van der Waals surface area contributed by atoms with Crippen molar-refractivity contribution in [2.45, 2.75) is 45.6 Å². The van der Waals surface area contributed by atoms with Crippen LogP contribution >= 0.6 is 0 Å². The summed E-state index contributed by atoms with van der Waals surface area (Å²) in [7, 11) is 3.46. The van der Waals surface area contributed by atoms with Gasteiger partial charge in [-0.1, -0.05) is 13.8 Å². The SMILES string of the molecule is COc1cc2c(cc1OC)C1CC3CC3(CC(C)C)CN1CC2. The van der Waals surface area contributed by atoms with Crippen LogP contribution in [0.3, 0.4) is 0 Å². The van der Waals surface area contributed by atoms with E-state index >= 15 is 0 Å². The van der Waals surface area contributed by atoms with Crippen molar-refractivity contribution in [3.8, 4) is 11.5 Å². The van der Waals surface area contributed by atoms with Crippen molar-refractivity contribution in [3.05, 3.63) is 23.3 Å². The molecule has 1 saturated carbocycles. The van der Waals surface area contributed by atoms with E-state index in [0.29, 0.717) is 11.5 Å². The van der Waals surface area contributed by atoms with Gasteiger partial charge < -0.3 is 9.47 Å². The smallest absolute Gasteiger partial charge is 0.161 e. The van der Waals surface area contributed by atoms with Crippen LogP contribution in [0.25, 0.3) is 0 Å². The number of rotatable bonds is 4. The Hall–Kier alpha value is -1.22. The summed E-state index contributed by atoms with van der Waals surface area (Å²) in [4.78, 5) is 2.75. The Labute approximate surface area is 140 Å². The molecule has 2 aliphatic heterocycles. The minimum atomic E-state index is 0.589. The summed E-state index contributed by atoms with van der Waals surface area (Å²) in [5.74, 6) is 3.50. The first-order valence-electron chi connectivity index (χ1n) is 9.05. The van der Waals surface area contributed by atoms with Gasteiger partial charge in [-0.05, 0) is 66.2 Å². The average Bonchev–Trinajstić information content (AvgIpc) is 3.22. The molecule has 3 atom stereocenters. The maximum Gasteiger partial charge on any atom is 0.161 e. The standard InChI is InChI=1S/C20H29NO2/c1-13(2)10-20-11-15(20)8-17-16-9-19(23-4)18(22-3)7-14(16)5-6-21(17)12-20/h7,9,13,15,17H,5-6,8,10-12H2,1-4H3. The highest BCUT2D eigenvalue weighted by Crippen LogP contribution is 2.64. The molecule has 1 aromatic carbocycles. The summed E-state index contributed by atoms with van der Waals surface area (Å²) in [6.45, 7) is 7.24. The molecule has 0 radical (unpaired) electrons. The predicted octanol–water partition coefficient (Wildman–Crippen LogP) is 4.06. The van der Waals surface area contributed by atoms with Gasteiger partial charge in [-0.2, -0.15) is 0 Å². The second-order valence-electron chi connectivity index (χ2n) is 8.24. The van der Waals surface area contributed by atoms with Crippen LogP contribution in [0.15, 0.2) is 12.1 Å². The molecule has 3 aliphatic rings. The Kier molecular flexibility index (Phi) is 3.60. The topological polar surface area (TPSA) is 21.7 Å². The molecular formula is C20H29NO2. The zero-order valence-electron chi connectivity index (χ0n) is 14.9. The molecule has 126 valence electrons. The van der Waals surface area contributed by atoms with E-state index in [2.05, 4.69) is 30.9 Å². The van der Waals surface area contributed by atoms with E-state index < -0.39 is 0 Å². The van der Waals surface area contributed by atoms with Crippen molar-refractivity contribution in [3.63, 3.8) is 0 Å². The zero-order valence-corrected chi connectivity index (χ0v) is 14.9. The Bertz CT molecular complexity index is 612. The number of hydrogen-bond donors (Lipinski definition) is 0. The summed E-state index contributed by atoms with van der Waals surface area (Å²) in [6, 6.07) is 5.03. The van der Waals surface area contributed by atoms with Gasteiger partial charge in [0, 0.05) is 19.1 Å². The molecule has 1 aromatic rings. The molecule has 0 aromatic heterocycles. The monoisotopic (exact) mass is 315 g/mol. The van der Waals surface area contributed by atoms with E-state index in [9.17, 15) is 0 Å². The van der Waals surface area contributed by atoms with Gasteiger partial charge in [0.1, 0.15) is 0 Å². The summed E-state index contributed by atoms with van der Waals surface area (Å²) in [6.07, 6.45) is 5.31. The number of nitrogens with zero attached hydrogens (tertiary/aromatic N) is 1. The van der Waals surface area contributed by atoms with Crippen molar-refractivity contribution in [1.82, 2.24) is 4.90 Å². The fraction of sp³-hybridized carbons (Fsp3) is 0.700. The summed E-state index contributed by atoms with van der Waals surface area (Å²) >= 11 is 0. The van der Waals surface area contributed by atoms with Crippen molar-refractivity contribution in [1.29, 1.82) is 0 Å². The molecule has 4 rings (SSSR count). The summed E-state index contributed by atoms with van der Waals surface area (Å²) in [5.41, 5.74) is 3.58. The third-order valence-corrected chi connectivity index (χ3v) is 6.31. The van der Waals surface area contributed by atoms with Gasteiger partial charge in [-0.3, -0.25) is 4.90 Å². The molecule has 2 heterocycles. The minimum absolute atomic E-state index is 0.589. The molecule has 1 saturated heterocycles. The molecule has 3 heteroatoms. The molecule has 0 amide bonds. The van der Waals surface area contributed by atoms with Crippen LogP contribution in [0.1, 0.15) is 50.3 Å². The number of methoxy groups -OCH3 is 2. The van der Waals surface area contributed by atoms with Crippen LogP contribution in [0.5, 0.6) is 11.5 Å². The number of fused-ring (bicyclic) bond motifs is 4. The van der Waals surface area contributed by atoms with Gasteiger partial charge in [-0.25, -0.2) is 0 Å². The number of benzene rings is 1. The lowest BCUT2D eigenvalue weighted by molar-refractivity contribution is 0.0815. The Morgan fingerprint density at radius 2 is 1.96 bits per heavy atom. The number of piperidine rings is 1. The van der Waals surface area contributed by atoms with Gasteiger partial charge in [-0.15, -0.1) is 0 Å². The van der Waals surface area contributed by atoms with Crippen LogP contribution in [-0.2, 0) is 6.42 Å². The van der Waals surface area contributed by atoms with Crippen LogP contribution in [0.4, 0.5) is 0 Å². The van der Waals surface area contributed by atoms with E-state index in [0.717, 1.165) is 29.8 Å². The van der Waals surface area contributed by atoms with E-state index in [4.69, 9.17) is 9.47 Å². The quantitative estimate of drug-likeness (QED) is 0.836. The van der Waals surface area contributed by atoms with Crippen LogP contribution < -0.4 is 9.47 Å². The average molecular weight is 315 g/mol. The molecule has 3 unspecified atom stereocenters. The highest BCUT2D eigenvalue weighted by Gasteiger charge is 2.59. The molecule has 2 fully saturated rings. The summed E-state index contributed by atoms with van der Waals surface area (Å²) < 4.78 is 11.0. The van der Waals surface area contributed by atoms with Crippen molar-refractivity contribution < 1.29 is 9.47 Å². The van der Waals surface area contributed by atoms with E-state index in [-0.39, 0.29) is 0 Å². The second kappa shape index (κ2) is 5.41. The molecular weight excluding hydrogens is 286 g/mol. The zero-order chi connectivity index (χ0) is 16.2. The second-order valence-corrected chi connectivity index (χ2v) is 8.24. The Morgan fingerprint density at radius 1 is 1.22 bits per heavy atom. The molecule has 0 N–H and O–H groups in total. The van der Waals surface area contributed by atoms with E-state index in [1.54, 1.807) is 14.2 Å². The molecule has 1 aliphatic carbocycles. The van der Waals surface area contributed by atoms with Gasteiger partial charge in [0.15, 0.2) is 11.5 Å². The minimum Gasteiger partial charge on any atom is -0.493 e. The van der Waals surface area contributed by atoms with Crippen molar-refractivity contribution in [2.75, 3.05) is 27.3 Å². The molecule has 3 nitrogen and oxygen atoms in total. The lowest BCUT2D eigenvalue weighted by atomic mass is 9.80. The lowest BCUT2D eigenvalue weighted by Gasteiger charge is -2.44. The lowest BCUT2D eigenvalue weighted by Crippen LogP contribution is -2.43. The van der Waals surface area contributed by atoms with Gasteiger partial charge in [0.25, 0.3) is 0 Å². The van der Waals surface area contributed by atoms with Gasteiger partial charge >= 0.3 is 0 Å². The first-order chi connectivity index (χ1) is 11.1. The van der Waals surface area contributed by atoms with Crippen LogP contribution in [-0.4, -0.2) is 32.2 Å². The first-order valence-corrected chi connectivity index (χ1v) is 9.05. The highest BCUT2D eigenvalue weighted by molar-refractivity contribution is 5.49. The predicted molar refractivity (Wildman–Crippen MR) is 92.2 cm³/mol. The maximum atomic E-state index is 5.55. The highest BCUT2D eigenvalue weighted by atomic mass is 16.5. The third kappa shape index (κ3) is 2.44. The normalized spacial score (nSPS) is 32.0. The number of hydrogen-bond acceptors (Lipinski definition) is 3. The largest absolute Gasteiger partial charge is 0.493 e. The van der Waals surface area contributed by atoms with Crippen LogP contribution in [0.2, 0.25) is 0 Å². The fourth-order valence-electron chi connectivity index (χ4n) is 5.31. The van der Waals surface area contributed by atoms with E-state index in [1.165, 1.54) is 43.5 Å². The molecule has 0 bridgehead atoms. The van der Waals surface area contributed by atoms with Gasteiger partial charge in [0.05, 0.1) is 14.2 Å². The Morgan fingerprint density at radius 3 is 2.65 bits per heavy atom. The fourth-order valence-corrected chi connectivity index (χ4v) is 5.31. The maximum absolute atomic E-state index is 5.55. The van der Waals surface area contributed by atoms with Crippen molar-refractivity contribution in [2.24, 2.45) is 17.3 Å². The molecule has 23 heavy (non-hydrogen) atoms. The number of ether oxygens (including phenoxy) is 2. The van der Waals surface area contributed by atoms with Crippen molar-refractivity contribution >= 4 is 0 Å². The van der Waals surface area contributed by atoms with Crippen LogP contribution in [0, 0.1) is 17.3 Å². The summed E-state index contributed by atoms with van der Waals surface area (Å²) in [5, 5.41) is 0. The third-order valence-electron chi connectivity index (χ3n) is 6.31. The molecule has 0 spiro atoms.